The summed E-state index contributed by atoms with van der Waals surface area (Å²) in [4.78, 5) is 27.0. The highest BCUT2D eigenvalue weighted by atomic mass is 35.5. The molecule has 0 amide bonds. The molecule has 1 N–H and O–H groups in total. The minimum absolute atomic E-state index is 0.178. The van der Waals surface area contributed by atoms with Crippen LogP contribution < -0.4 is 0 Å². The Balaban J connectivity index is 1.71. The van der Waals surface area contributed by atoms with E-state index in [0.717, 1.165) is 5.56 Å². The van der Waals surface area contributed by atoms with Gasteiger partial charge in [-0.05, 0) is 24.6 Å². The second-order valence-corrected chi connectivity index (χ2v) is 5.84. The van der Waals surface area contributed by atoms with Gasteiger partial charge in [0.05, 0.1) is 17.9 Å². The summed E-state index contributed by atoms with van der Waals surface area (Å²) in [5.74, 6) is -0.981. The number of aromatic nitrogens is 3. The molecule has 0 bridgehead atoms. The van der Waals surface area contributed by atoms with E-state index in [1.807, 2.05) is 30.3 Å². The van der Waals surface area contributed by atoms with Gasteiger partial charge in [0.25, 0.3) is 0 Å². The molecule has 0 aliphatic heterocycles. The smallest absolute Gasteiger partial charge is 0.343 e. The van der Waals surface area contributed by atoms with Gasteiger partial charge in [-0.15, -0.1) is 0 Å². The van der Waals surface area contributed by atoms with Crippen molar-refractivity contribution >= 4 is 23.4 Å². The fourth-order valence-corrected chi connectivity index (χ4v) is 2.74. The second kappa shape index (κ2) is 7.36. The standard InChI is InChI=1S/C18H16ClN3O3/c1-12-16(18(24)25-11-15(23)14-8-5-9-20-14)17(19)22(21-12)10-13-6-3-2-4-7-13/h2-9,20H,10-11H2,1H3. The molecular weight excluding hydrogens is 342 g/mol. The fraction of sp³-hybridized carbons (Fsp3) is 0.167. The predicted octanol–water partition coefficient (Wildman–Crippen LogP) is 3.26. The summed E-state index contributed by atoms with van der Waals surface area (Å²) < 4.78 is 6.63. The molecule has 0 aliphatic rings. The number of nitrogens with one attached hydrogen (secondary N) is 1. The topological polar surface area (TPSA) is 77.0 Å². The summed E-state index contributed by atoms with van der Waals surface area (Å²) in [6.45, 7) is 1.75. The van der Waals surface area contributed by atoms with E-state index in [4.69, 9.17) is 16.3 Å². The molecule has 6 nitrogen and oxygen atoms in total. The first-order chi connectivity index (χ1) is 12.1. The largest absolute Gasteiger partial charge is 0.453 e. The molecule has 0 saturated carbocycles. The van der Waals surface area contributed by atoms with E-state index in [2.05, 4.69) is 10.1 Å². The number of H-pyrrole nitrogens is 1. The van der Waals surface area contributed by atoms with E-state index in [-0.39, 0.29) is 23.1 Å². The van der Waals surface area contributed by atoms with Crippen molar-refractivity contribution in [3.05, 3.63) is 76.3 Å². The first kappa shape index (κ1) is 17.0. The van der Waals surface area contributed by atoms with E-state index >= 15 is 0 Å². The lowest BCUT2D eigenvalue weighted by molar-refractivity contribution is 0.0473. The van der Waals surface area contributed by atoms with Crippen molar-refractivity contribution < 1.29 is 14.3 Å². The minimum Gasteiger partial charge on any atom is -0.453 e. The molecule has 0 saturated heterocycles. The van der Waals surface area contributed by atoms with Crippen LogP contribution in [0.4, 0.5) is 0 Å². The van der Waals surface area contributed by atoms with E-state index in [0.29, 0.717) is 17.9 Å². The van der Waals surface area contributed by atoms with Gasteiger partial charge in [0.1, 0.15) is 10.7 Å². The Morgan fingerprint density at radius 3 is 2.64 bits per heavy atom. The van der Waals surface area contributed by atoms with Crippen LogP contribution in [0.15, 0.2) is 48.7 Å². The lowest BCUT2D eigenvalue weighted by atomic mass is 10.2. The predicted molar refractivity (Wildman–Crippen MR) is 92.9 cm³/mol. The molecular formula is C18H16ClN3O3. The van der Waals surface area contributed by atoms with Gasteiger partial charge in [0.15, 0.2) is 6.61 Å². The number of carbonyl (C=O) groups is 2. The Labute approximate surface area is 149 Å². The van der Waals surface area contributed by atoms with Crippen molar-refractivity contribution in [2.24, 2.45) is 0 Å². The third kappa shape index (κ3) is 3.80. The van der Waals surface area contributed by atoms with Crippen LogP contribution in [0.1, 0.15) is 32.1 Å². The average Bonchev–Trinajstić information content (AvgIpc) is 3.23. The molecule has 0 spiro atoms. The van der Waals surface area contributed by atoms with Crippen molar-refractivity contribution in [3.63, 3.8) is 0 Å². The molecule has 0 fully saturated rings. The molecule has 3 rings (SSSR count). The Kier molecular flexibility index (Phi) is 5.00. The maximum atomic E-state index is 12.3. The highest BCUT2D eigenvalue weighted by molar-refractivity contribution is 6.32. The number of carbonyl (C=O) groups excluding carboxylic acids is 2. The van der Waals surface area contributed by atoms with Gasteiger partial charge < -0.3 is 9.72 Å². The number of ether oxygens (including phenoxy) is 1. The van der Waals surface area contributed by atoms with Crippen LogP contribution >= 0.6 is 11.6 Å². The summed E-state index contributed by atoms with van der Waals surface area (Å²) in [6.07, 6.45) is 1.63. The second-order valence-electron chi connectivity index (χ2n) is 5.48. The molecule has 128 valence electrons. The van der Waals surface area contributed by atoms with Crippen molar-refractivity contribution in [1.82, 2.24) is 14.8 Å². The molecule has 0 radical (unpaired) electrons. The molecule has 0 unspecified atom stereocenters. The van der Waals surface area contributed by atoms with Gasteiger partial charge >= 0.3 is 5.97 Å². The van der Waals surface area contributed by atoms with Crippen molar-refractivity contribution in [2.45, 2.75) is 13.5 Å². The van der Waals surface area contributed by atoms with Crippen LogP contribution in [0.3, 0.4) is 0 Å². The zero-order valence-electron chi connectivity index (χ0n) is 13.5. The number of rotatable bonds is 6. The number of ketones is 1. The first-order valence-electron chi connectivity index (χ1n) is 7.67. The maximum Gasteiger partial charge on any atom is 0.343 e. The molecule has 25 heavy (non-hydrogen) atoms. The SMILES string of the molecule is Cc1nn(Cc2ccccc2)c(Cl)c1C(=O)OCC(=O)c1ccc[nH]1. The van der Waals surface area contributed by atoms with Gasteiger partial charge in [-0.1, -0.05) is 41.9 Å². The van der Waals surface area contributed by atoms with Crippen LogP contribution in [0.5, 0.6) is 0 Å². The number of hydrogen-bond acceptors (Lipinski definition) is 4. The first-order valence-corrected chi connectivity index (χ1v) is 8.04. The molecule has 3 aromatic rings. The number of aromatic amines is 1. The van der Waals surface area contributed by atoms with Gasteiger partial charge in [0, 0.05) is 6.20 Å². The quantitative estimate of drug-likeness (QED) is 0.542. The average molecular weight is 358 g/mol. The highest BCUT2D eigenvalue weighted by Crippen LogP contribution is 2.22. The fourth-order valence-electron chi connectivity index (χ4n) is 2.43. The third-order valence-electron chi connectivity index (χ3n) is 3.68. The van der Waals surface area contributed by atoms with Crippen LogP contribution in [-0.4, -0.2) is 33.1 Å². The zero-order valence-corrected chi connectivity index (χ0v) is 14.3. The lowest BCUT2D eigenvalue weighted by Crippen LogP contribution is -2.15. The van der Waals surface area contributed by atoms with Crippen molar-refractivity contribution in [3.8, 4) is 0 Å². The summed E-state index contributed by atoms with van der Waals surface area (Å²) >= 11 is 6.30. The summed E-state index contributed by atoms with van der Waals surface area (Å²) in [5.41, 5.74) is 2.03. The van der Waals surface area contributed by atoms with E-state index in [1.165, 1.54) is 4.68 Å². The minimum atomic E-state index is -0.665. The summed E-state index contributed by atoms with van der Waals surface area (Å²) in [6, 6.07) is 13.0. The maximum absolute atomic E-state index is 12.3. The number of hydrogen-bond donors (Lipinski definition) is 1. The lowest BCUT2D eigenvalue weighted by Gasteiger charge is -2.05. The number of Topliss-reactive ketones (excluding diaryl/α,β-unsaturated/α-hetero) is 1. The van der Waals surface area contributed by atoms with Gasteiger partial charge in [-0.3, -0.25) is 4.79 Å². The Morgan fingerprint density at radius 2 is 1.96 bits per heavy atom. The Morgan fingerprint density at radius 1 is 1.20 bits per heavy atom. The normalized spacial score (nSPS) is 10.6. The Bertz CT molecular complexity index is 886. The molecule has 2 heterocycles. The number of halogens is 1. The number of esters is 1. The molecule has 2 aromatic heterocycles. The van der Waals surface area contributed by atoms with Crippen LogP contribution in [0, 0.1) is 6.92 Å². The van der Waals surface area contributed by atoms with Gasteiger partial charge in [-0.25, -0.2) is 9.48 Å². The monoisotopic (exact) mass is 357 g/mol. The number of nitrogens with zero attached hydrogens (tertiary/aromatic N) is 2. The number of aryl methyl sites for hydroxylation is 1. The Hall–Kier alpha value is -2.86. The molecule has 0 aliphatic carbocycles. The molecule has 0 atom stereocenters. The van der Waals surface area contributed by atoms with Crippen LogP contribution in [0.25, 0.3) is 0 Å². The van der Waals surface area contributed by atoms with Crippen molar-refractivity contribution in [2.75, 3.05) is 6.61 Å². The zero-order chi connectivity index (χ0) is 17.8. The molecule has 7 heteroatoms. The summed E-state index contributed by atoms with van der Waals surface area (Å²) in [7, 11) is 0. The van der Waals surface area contributed by atoms with Crippen molar-refractivity contribution in [1.29, 1.82) is 0 Å². The summed E-state index contributed by atoms with van der Waals surface area (Å²) in [5, 5.41) is 4.49. The van der Waals surface area contributed by atoms with Gasteiger partial charge in [-0.2, -0.15) is 5.10 Å². The highest BCUT2D eigenvalue weighted by Gasteiger charge is 2.22. The number of benzene rings is 1. The van der Waals surface area contributed by atoms with Crippen LogP contribution in [0.2, 0.25) is 5.15 Å². The van der Waals surface area contributed by atoms with E-state index in [9.17, 15) is 9.59 Å². The van der Waals surface area contributed by atoms with E-state index in [1.54, 1.807) is 25.3 Å². The van der Waals surface area contributed by atoms with Crippen LogP contribution in [-0.2, 0) is 11.3 Å². The van der Waals surface area contributed by atoms with Gasteiger partial charge in [0.2, 0.25) is 5.78 Å². The van der Waals surface area contributed by atoms with E-state index < -0.39 is 5.97 Å². The third-order valence-corrected chi connectivity index (χ3v) is 4.06. The molecule has 1 aromatic carbocycles.